The highest BCUT2D eigenvalue weighted by Gasteiger charge is 2.27. The minimum absolute atomic E-state index is 0.230. The van der Waals surface area contributed by atoms with E-state index in [-0.39, 0.29) is 6.04 Å². The molecule has 1 unspecified atom stereocenters. The monoisotopic (exact) mass is 358 g/mol. The highest BCUT2D eigenvalue weighted by molar-refractivity contribution is 9.10. The molecule has 4 heteroatoms. The van der Waals surface area contributed by atoms with E-state index in [9.17, 15) is 0 Å². The van der Waals surface area contributed by atoms with Crippen molar-refractivity contribution in [3.63, 3.8) is 0 Å². The van der Waals surface area contributed by atoms with E-state index in [4.69, 9.17) is 17.3 Å². The topological polar surface area (TPSA) is 29.3 Å². The van der Waals surface area contributed by atoms with Crippen molar-refractivity contribution in [1.82, 2.24) is 4.90 Å². The Kier molecular flexibility index (Phi) is 5.91. The fourth-order valence-electron chi connectivity index (χ4n) is 3.14. The summed E-state index contributed by atoms with van der Waals surface area (Å²) in [5.41, 5.74) is 7.18. The van der Waals surface area contributed by atoms with Gasteiger partial charge in [-0.25, -0.2) is 0 Å². The third kappa shape index (κ3) is 3.76. The number of nitrogens with two attached hydrogens (primary N) is 1. The summed E-state index contributed by atoms with van der Waals surface area (Å²) >= 11 is 9.89. The highest BCUT2D eigenvalue weighted by Crippen LogP contribution is 2.33. The normalized spacial score (nSPS) is 19.5. The van der Waals surface area contributed by atoms with E-state index in [1.54, 1.807) is 0 Å². The molecule has 1 aliphatic rings. The predicted molar refractivity (Wildman–Crippen MR) is 90.1 cm³/mol. The summed E-state index contributed by atoms with van der Waals surface area (Å²) < 4.78 is 1.06. The maximum Gasteiger partial charge on any atom is 0.0485 e. The molecule has 112 valence electrons. The third-order valence-corrected chi connectivity index (χ3v) is 5.34. The lowest BCUT2D eigenvalue weighted by Crippen LogP contribution is -2.40. The Labute approximate surface area is 135 Å². The van der Waals surface area contributed by atoms with Crippen LogP contribution in [0.3, 0.4) is 0 Å². The van der Waals surface area contributed by atoms with Crippen molar-refractivity contribution in [2.45, 2.75) is 32.7 Å². The molecule has 0 bridgehead atoms. The number of nitrogens with zero attached hydrogens (tertiary/aromatic N) is 1. The van der Waals surface area contributed by atoms with Crippen LogP contribution in [0.4, 0.5) is 0 Å². The number of halogens is 2. The molecule has 1 fully saturated rings. The maximum absolute atomic E-state index is 6.37. The van der Waals surface area contributed by atoms with Gasteiger partial charge in [0.05, 0.1) is 0 Å². The van der Waals surface area contributed by atoms with Gasteiger partial charge in [0.2, 0.25) is 0 Å². The Morgan fingerprint density at radius 2 is 2.00 bits per heavy atom. The fraction of sp³-hybridized carbons (Fsp3) is 0.625. The largest absolute Gasteiger partial charge is 0.329 e. The molecule has 0 spiro atoms. The predicted octanol–water partition coefficient (Wildman–Crippen LogP) is 4.47. The second-order valence-electron chi connectivity index (χ2n) is 6.03. The molecule has 0 radical (unpaired) electrons. The molecule has 1 atom stereocenters. The van der Waals surface area contributed by atoms with Crippen LogP contribution in [0.5, 0.6) is 0 Å². The zero-order chi connectivity index (χ0) is 14.7. The standard InChI is InChI=1S/C16H24BrClN2/c1-11(2)12-5-7-20(8-6-12)16(10-19)14-9-13(17)3-4-15(14)18/h3-4,9,11-12,16H,5-8,10,19H2,1-2H3. The van der Waals surface area contributed by atoms with Crippen molar-refractivity contribution in [2.75, 3.05) is 19.6 Å². The molecule has 2 N–H and O–H groups in total. The minimum atomic E-state index is 0.230. The molecule has 1 aliphatic heterocycles. The molecule has 1 aromatic rings. The smallest absolute Gasteiger partial charge is 0.0485 e. The van der Waals surface area contributed by atoms with E-state index in [1.807, 2.05) is 12.1 Å². The van der Waals surface area contributed by atoms with Gasteiger partial charge in [-0.05, 0) is 61.5 Å². The highest BCUT2D eigenvalue weighted by atomic mass is 79.9. The number of hydrogen-bond donors (Lipinski definition) is 1. The minimum Gasteiger partial charge on any atom is -0.329 e. The zero-order valence-electron chi connectivity index (χ0n) is 12.3. The number of likely N-dealkylation sites (tertiary alicyclic amines) is 1. The van der Waals surface area contributed by atoms with E-state index in [0.29, 0.717) is 6.54 Å². The zero-order valence-corrected chi connectivity index (χ0v) is 14.6. The summed E-state index contributed by atoms with van der Waals surface area (Å²) in [6.07, 6.45) is 2.53. The van der Waals surface area contributed by atoms with E-state index in [1.165, 1.54) is 12.8 Å². The van der Waals surface area contributed by atoms with E-state index < -0.39 is 0 Å². The Balaban J connectivity index is 2.11. The first-order valence-electron chi connectivity index (χ1n) is 7.42. The summed E-state index contributed by atoms with van der Waals surface area (Å²) in [6.45, 7) is 7.50. The van der Waals surface area contributed by atoms with Crippen LogP contribution in [0.15, 0.2) is 22.7 Å². The molecule has 1 heterocycles. The molecular formula is C16H24BrClN2. The van der Waals surface area contributed by atoms with Crippen molar-refractivity contribution >= 4 is 27.5 Å². The lowest BCUT2D eigenvalue weighted by atomic mass is 9.86. The van der Waals surface area contributed by atoms with E-state index >= 15 is 0 Å². The van der Waals surface area contributed by atoms with Gasteiger partial charge in [0.25, 0.3) is 0 Å². The van der Waals surface area contributed by atoms with Crippen LogP contribution < -0.4 is 5.73 Å². The Morgan fingerprint density at radius 1 is 1.35 bits per heavy atom. The average Bonchev–Trinajstić information content (AvgIpc) is 2.44. The number of rotatable bonds is 4. The van der Waals surface area contributed by atoms with Gasteiger partial charge in [-0.2, -0.15) is 0 Å². The third-order valence-electron chi connectivity index (χ3n) is 4.50. The van der Waals surface area contributed by atoms with Gasteiger partial charge in [-0.15, -0.1) is 0 Å². The van der Waals surface area contributed by atoms with Gasteiger partial charge in [0.1, 0.15) is 0 Å². The molecule has 1 saturated heterocycles. The molecule has 0 aromatic heterocycles. The first kappa shape index (κ1) is 16.3. The van der Waals surface area contributed by atoms with Crippen LogP contribution in [0, 0.1) is 11.8 Å². The first-order chi connectivity index (χ1) is 9.52. The molecule has 2 rings (SSSR count). The van der Waals surface area contributed by atoms with E-state index in [2.05, 4.69) is 40.7 Å². The van der Waals surface area contributed by atoms with Crippen LogP contribution in [0.2, 0.25) is 5.02 Å². The summed E-state index contributed by atoms with van der Waals surface area (Å²) in [5, 5.41) is 0.814. The summed E-state index contributed by atoms with van der Waals surface area (Å²) in [7, 11) is 0. The van der Waals surface area contributed by atoms with Crippen LogP contribution in [-0.2, 0) is 0 Å². The summed E-state index contributed by atoms with van der Waals surface area (Å²) in [5.74, 6) is 1.63. The Bertz CT molecular complexity index is 442. The molecule has 2 nitrogen and oxygen atoms in total. The molecule has 20 heavy (non-hydrogen) atoms. The van der Waals surface area contributed by atoms with Crippen molar-refractivity contribution in [2.24, 2.45) is 17.6 Å². The van der Waals surface area contributed by atoms with Crippen LogP contribution in [0.1, 0.15) is 38.3 Å². The molecule has 0 saturated carbocycles. The van der Waals surface area contributed by atoms with Crippen molar-refractivity contribution in [1.29, 1.82) is 0 Å². The lowest BCUT2D eigenvalue weighted by Gasteiger charge is -2.38. The molecule has 1 aromatic carbocycles. The van der Waals surface area contributed by atoms with Gasteiger partial charge >= 0.3 is 0 Å². The Hall–Kier alpha value is -0.0900. The maximum atomic E-state index is 6.37. The van der Waals surface area contributed by atoms with Gasteiger partial charge < -0.3 is 5.73 Å². The van der Waals surface area contributed by atoms with E-state index in [0.717, 1.165) is 40.0 Å². The molecule has 0 amide bonds. The summed E-state index contributed by atoms with van der Waals surface area (Å²) in [6, 6.07) is 6.26. The SMILES string of the molecule is CC(C)C1CCN(C(CN)c2cc(Br)ccc2Cl)CC1. The van der Waals surface area contributed by atoms with Gasteiger partial charge in [-0.3, -0.25) is 4.90 Å². The van der Waals surface area contributed by atoms with Gasteiger partial charge in [0, 0.05) is 22.1 Å². The quantitative estimate of drug-likeness (QED) is 0.859. The Morgan fingerprint density at radius 3 is 2.55 bits per heavy atom. The number of hydrogen-bond acceptors (Lipinski definition) is 2. The second kappa shape index (κ2) is 7.26. The number of piperidine rings is 1. The van der Waals surface area contributed by atoms with Crippen LogP contribution in [0.25, 0.3) is 0 Å². The molecular weight excluding hydrogens is 336 g/mol. The average molecular weight is 360 g/mol. The van der Waals surface area contributed by atoms with Gasteiger partial charge in [0.15, 0.2) is 0 Å². The second-order valence-corrected chi connectivity index (χ2v) is 7.36. The van der Waals surface area contributed by atoms with Crippen molar-refractivity contribution in [3.8, 4) is 0 Å². The summed E-state index contributed by atoms with van der Waals surface area (Å²) in [4.78, 5) is 2.49. The van der Waals surface area contributed by atoms with Crippen molar-refractivity contribution in [3.05, 3.63) is 33.3 Å². The number of benzene rings is 1. The van der Waals surface area contributed by atoms with Crippen molar-refractivity contribution < 1.29 is 0 Å². The van der Waals surface area contributed by atoms with Crippen LogP contribution >= 0.6 is 27.5 Å². The van der Waals surface area contributed by atoms with Crippen LogP contribution in [-0.4, -0.2) is 24.5 Å². The first-order valence-corrected chi connectivity index (χ1v) is 8.59. The lowest BCUT2D eigenvalue weighted by molar-refractivity contribution is 0.117. The molecule has 0 aliphatic carbocycles. The van der Waals surface area contributed by atoms with Gasteiger partial charge in [-0.1, -0.05) is 41.4 Å². The fourth-order valence-corrected chi connectivity index (χ4v) is 3.76.